The third kappa shape index (κ3) is 4.37. The van der Waals surface area contributed by atoms with E-state index in [1.54, 1.807) is 23.7 Å². The topological polar surface area (TPSA) is 59.0 Å². The van der Waals surface area contributed by atoms with Crippen molar-refractivity contribution in [2.24, 2.45) is 5.92 Å². The van der Waals surface area contributed by atoms with Gasteiger partial charge in [-0.1, -0.05) is 12.8 Å². The third-order valence-corrected chi connectivity index (χ3v) is 5.80. The summed E-state index contributed by atoms with van der Waals surface area (Å²) in [6, 6.07) is 13.9. The van der Waals surface area contributed by atoms with E-state index in [4.69, 9.17) is 0 Å². The largest absolute Gasteiger partial charge is 0.385 e. The first-order chi connectivity index (χ1) is 14.5. The highest BCUT2D eigenvalue weighted by Crippen LogP contribution is 2.25. The van der Waals surface area contributed by atoms with E-state index >= 15 is 0 Å². The Bertz CT molecular complexity index is 1020. The number of anilines is 2. The Balaban J connectivity index is 1.44. The quantitative estimate of drug-likeness (QED) is 0.570. The molecule has 0 spiro atoms. The second-order valence-electron chi connectivity index (χ2n) is 8.00. The predicted molar refractivity (Wildman–Crippen MR) is 118 cm³/mol. The molecule has 3 aromatic rings. The van der Waals surface area contributed by atoms with E-state index in [1.165, 1.54) is 37.8 Å². The van der Waals surface area contributed by atoms with Gasteiger partial charge in [-0.05, 0) is 81.1 Å². The maximum absolute atomic E-state index is 13.2. The highest BCUT2D eigenvalue weighted by atomic mass is 19.1. The number of aryl methyl sites for hydroxylation is 1. The van der Waals surface area contributed by atoms with Gasteiger partial charge in [-0.3, -0.25) is 4.79 Å². The van der Waals surface area contributed by atoms with Crippen LogP contribution in [0.1, 0.15) is 47.4 Å². The summed E-state index contributed by atoms with van der Waals surface area (Å²) in [6.45, 7) is 4.65. The van der Waals surface area contributed by atoms with Crippen molar-refractivity contribution in [2.45, 2.75) is 39.5 Å². The first-order valence-electron chi connectivity index (χ1n) is 10.5. The molecule has 2 N–H and O–H groups in total. The van der Waals surface area contributed by atoms with Gasteiger partial charge in [0.15, 0.2) is 0 Å². The van der Waals surface area contributed by atoms with Crippen molar-refractivity contribution in [2.75, 3.05) is 17.2 Å². The van der Waals surface area contributed by atoms with Crippen LogP contribution in [-0.4, -0.2) is 22.2 Å². The van der Waals surface area contributed by atoms with Crippen molar-refractivity contribution < 1.29 is 9.18 Å². The van der Waals surface area contributed by atoms with Crippen molar-refractivity contribution in [1.29, 1.82) is 0 Å². The normalized spacial score (nSPS) is 14.1. The number of nitrogens with one attached hydrogen (secondary N) is 2. The van der Waals surface area contributed by atoms with Crippen LogP contribution in [-0.2, 0) is 0 Å². The van der Waals surface area contributed by atoms with Crippen LogP contribution in [0.5, 0.6) is 0 Å². The van der Waals surface area contributed by atoms with Gasteiger partial charge in [0.25, 0.3) is 5.91 Å². The number of carbonyl (C=O) groups is 1. The molecule has 0 atom stereocenters. The maximum atomic E-state index is 13.2. The Morgan fingerprint density at radius 2 is 1.67 bits per heavy atom. The van der Waals surface area contributed by atoms with E-state index < -0.39 is 0 Å². The molecule has 1 aliphatic rings. The second kappa shape index (κ2) is 8.69. The van der Waals surface area contributed by atoms with Crippen LogP contribution in [0.3, 0.4) is 0 Å². The zero-order valence-electron chi connectivity index (χ0n) is 17.4. The molecule has 6 heteroatoms. The Kier molecular flexibility index (Phi) is 5.84. The molecule has 2 aromatic carbocycles. The number of hydrogen-bond acceptors (Lipinski definition) is 3. The van der Waals surface area contributed by atoms with Crippen molar-refractivity contribution in [1.82, 2.24) is 9.78 Å². The van der Waals surface area contributed by atoms with Crippen LogP contribution in [0.4, 0.5) is 15.8 Å². The summed E-state index contributed by atoms with van der Waals surface area (Å²) in [5.41, 5.74) is 4.39. The lowest BCUT2D eigenvalue weighted by Crippen LogP contribution is -2.14. The Hall–Kier alpha value is -3.15. The lowest BCUT2D eigenvalue weighted by Gasteiger charge is -2.12. The van der Waals surface area contributed by atoms with Gasteiger partial charge in [-0.2, -0.15) is 5.10 Å². The van der Waals surface area contributed by atoms with Crippen LogP contribution < -0.4 is 10.6 Å². The summed E-state index contributed by atoms with van der Waals surface area (Å²) in [5, 5.41) is 10.9. The number of aromatic nitrogens is 2. The molecule has 0 bridgehead atoms. The van der Waals surface area contributed by atoms with Crippen molar-refractivity contribution in [3.63, 3.8) is 0 Å². The molecule has 0 aliphatic heterocycles. The van der Waals surface area contributed by atoms with Crippen LogP contribution in [0.15, 0.2) is 48.5 Å². The van der Waals surface area contributed by atoms with Gasteiger partial charge in [0.05, 0.1) is 22.6 Å². The first-order valence-corrected chi connectivity index (χ1v) is 10.5. The predicted octanol–water partition coefficient (Wildman–Crippen LogP) is 5.48. The Morgan fingerprint density at radius 3 is 2.33 bits per heavy atom. The average Bonchev–Trinajstić information content (AvgIpc) is 3.36. The highest BCUT2D eigenvalue weighted by molar-refractivity contribution is 6.06. The summed E-state index contributed by atoms with van der Waals surface area (Å²) >= 11 is 0. The molecule has 0 saturated heterocycles. The number of benzene rings is 2. The minimum absolute atomic E-state index is 0.204. The van der Waals surface area contributed by atoms with E-state index in [0.29, 0.717) is 22.6 Å². The van der Waals surface area contributed by atoms with E-state index in [9.17, 15) is 9.18 Å². The van der Waals surface area contributed by atoms with Crippen molar-refractivity contribution in [3.05, 3.63) is 71.3 Å². The summed E-state index contributed by atoms with van der Waals surface area (Å²) in [5.74, 6) is 0.262. The van der Waals surface area contributed by atoms with E-state index in [1.807, 2.05) is 31.2 Å². The van der Waals surface area contributed by atoms with E-state index in [0.717, 1.165) is 23.8 Å². The zero-order valence-corrected chi connectivity index (χ0v) is 17.4. The fourth-order valence-corrected chi connectivity index (χ4v) is 4.15. The highest BCUT2D eigenvalue weighted by Gasteiger charge is 2.20. The second-order valence-corrected chi connectivity index (χ2v) is 8.00. The first kappa shape index (κ1) is 20.1. The fraction of sp³-hybridized carbons (Fsp3) is 0.333. The van der Waals surface area contributed by atoms with Crippen LogP contribution in [0.2, 0.25) is 0 Å². The zero-order chi connectivity index (χ0) is 21.1. The van der Waals surface area contributed by atoms with Gasteiger partial charge in [-0.25, -0.2) is 9.07 Å². The minimum atomic E-state index is -0.306. The number of halogens is 1. The maximum Gasteiger partial charge on any atom is 0.259 e. The smallest absolute Gasteiger partial charge is 0.259 e. The molecular formula is C24H27FN4O. The van der Waals surface area contributed by atoms with E-state index in [2.05, 4.69) is 15.7 Å². The van der Waals surface area contributed by atoms with Crippen molar-refractivity contribution >= 4 is 17.3 Å². The number of nitrogens with zero attached hydrogens (tertiary/aromatic N) is 2. The van der Waals surface area contributed by atoms with Gasteiger partial charge in [-0.15, -0.1) is 0 Å². The molecule has 1 aliphatic carbocycles. The molecule has 1 fully saturated rings. The molecule has 30 heavy (non-hydrogen) atoms. The number of carbonyl (C=O) groups excluding carboxylic acids is 1. The molecule has 1 heterocycles. The minimum Gasteiger partial charge on any atom is -0.385 e. The molecule has 4 rings (SSSR count). The monoisotopic (exact) mass is 406 g/mol. The molecule has 1 saturated carbocycles. The third-order valence-electron chi connectivity index (χ3n) is 5.80. The number of hydrogen-bond donors (Lipinski definition) is 2. The van der Waals surface area contributed by atoms with Crippen LogP contribution in [0, 0.1) is 25.6 Å². The summed E-state index contributed by atoms with van der Waals surface area (Å²) < 4.78 is 14.9. The van der Waals surface area contributed by atoms with Gasteiger partial charge in [0, 0.05) is 17.9 Å². The number of amides is 1. The van der Waals surface area contributed by atoms with Gasteiger partial charge >= 0.3 is 0 Å². The van der Waals surface area contributed by atoms with Gasteiger partial charge < -0.3 is 10.6 Å². The van der Waals surface area contributed by atoms with Gasteiger partial charge in [0.1, 0.15) is 5.82 Å². The molecule has 0 unspecified atom stereocenters. The summed E-state index contributed by atoms with van der Waals surface area (Å²) in [4.78, 5) is 12.9. The number of rotatable bonds is 6. The van der Waals surface area contributed by atoms with Crippen LogP contribution >= 0.6 is 0 Å². The average molecular weight is 407 g/mol. The molecule has 5 nitrogen and oxygen atoms in total. The molecule has 156 valence electrons. The molecule has 0 radical (unpaired) electrons. The SMILES string of the molecule is Cc1nn(-c2ccc(F)cc2)c(C)c1C(=O)Nc1ccc(NCC2CCCC2)cc1. The Labute approximate surface area is 176 Å². The fourth-order valence-electron chi connectivity index (χ4n) is 4.15. The lowest BCUT2D eigenvalue weighted by molar-refractivity contribution is 0.102. The molecule has 1 amide bonds. The van der Waals surface area contributed by atoms with Crippen LogP contribution in [0.25, 0.3) is 5.69 Å². The van der Waals surface area contributed by atoms with Gasteiger partial charge in [0.2, 0.25) is 0 Å². The standard InChI is InChI=1S/C24H27FN4O/c1-16-23(17(2)29(28-16)22-13-7-19(25)8-14-22)24(30)27-21-11-9-20(10-12-21)26-15-18-5-3-4-6-18/h7-14,18,26H,3-6,15H2,1-2H3,(H,27,30). The lowest BCUT2D eigenvalue weighted by atomic mass is 10.1. The Morgan fingerprint density at radius 1 is 1.03 bits per heavy atom. The summed E-state index contributed by atoms with van der Waals surface area (Å²) in [6.07, 6.45) is 5.30. The van der Waals surface area contributed by atoms with Crippen molar-refractivity contribution in [3.8, 4) is 5.69 Å². The molecular weight excluding hydrogens is 379 g/mol. The molecule has 1 aromatic heterocycles. The van der Waals surface area contributed by atoms with E-state index in [-0.39, 0.29) is 11.7 Å². The summed E-state index contributed by atoms with van der Waals surface area (Å²) in [7, 11) is 0.